The van der Waals surface area contributed by atoms with Gasteiger partial charge in [0, 0.05) is 11.4 Å². The van der Waals surface area contributed by atoms with Gasteiger partial charge in [-0.3, -0.25) is 0 Å². The Morgan fingerprint density at radius 2 is 2.11 bits per heavy atom. The average molecular weight is 294 g/mol. The van der Waals surface area contributed by atoms with Crippen molar-refractivity contribution >= 4 is 39.1 Å². The Balaban J connectivity index is 2.08. The number of hydrogen-bond acceptors (Lipinski definition) is 4. The highest BCUT2D eigenvalue weighted by Gasteiger charge is 2.19. The van der Waals surface area contributed by atoms with Gasteiger partial charge in [-0.1, -0.05) is 24.1 Å². The first-order valence-corrected chi connectivity index (χ1v) is 7.81. The van der Waals surface area contributed by atoms with Gasteiger partial charge < -0.3 is 5.32 Å². The van der Waals surface area contributed by atoms with Crippen LogP contribution in [0.2, 0.25) is 5.15 Å². The largest absolute Gasteiger partial charge is 0.351 e. The van der Waals surface area contributed by atoms with Crippen LogP contribution in [-0.2, 0) is 12.8 Å². The van der Waals surface area contributed by atoms with Crippen LogP contribution in [0.15, 0.2) is 12.7 Å². The molecule has 5 heteroatoms. The summed E-state index contributed by atoms with van der Waals surface area (Å²) in [5, 5.41) is 4.76. The minimum atomic E-state index is 0.580. The first-order chi connectivity index (χ1) is 9.29. The number of aryl methyl sites for hydroxylation is 2. The summed E-state index contributed by atoms with van der Waals surface area (Å²) in [5.41, 5.74) is 1.39. The third-order valence-corrected chi connectivity index (χ3v) is 4.88. The van der Waals surface area contributed by atoms with Crippen molar-refractivity contribution < 1.29 is 0 Å². The normalized spacial score (nSPS) is 15.0. The second-order valence-electron chi connectivity index (χ2n) is 4.75. The molecule has 3 rings (SSSR count). The van der Waals surface area contributed by atoms with Gasteiger partial charge in [-0.15, -0.1) is 17.9 Å². The lowest BCUT2D eigenvalue weighted by atomic mass is 10.1. The lowest BCUT2D eigenvalue weighted by Gasteiger charge is -2.04. The monoisotopic (exact) mass is 293 g/mol. The number of nitrogens with one attached hydrogen (secondary N) is 1. The lowest BCUT2D eigenvalue weighted by molar-refractivity contribution is 0.713. The summed E-state index contributed by atoms with van der Waals surface area (Å²) >= 11 is 8.14. The molecule has 1 N–H and O–H groups in total. The van der Waals surface area contributed by atoms with E-state index in [1.54, 1.807) is 17.4 Å². The van der Waals surface area contributed by atoms with Crippen LogP contribution in [0.3, 0.4) is 0 Å². The van der Waals surface area contributed by atoms with Gasteiger partial charge in [0.1, 0.15) is 9.98 Å². The van der Waals surface area contributed by atoms with Crippen LogP contribution < -0.4 is 5.32 Å². The van der Waals surface area contributed by atoms with Gasteiger partial charge in [-0.25, -0.2) is 9.97 Å². The van der Waals surface area contributed by atoms with E-state index < -0.39 is 0 Å². The van der Waals surface area contributed by atoms with E-state index >= 15 is 0 Å². The number of rotatable bonds is 3. The summed E-state index contributed by atoms with van der Waals surface area (Å²) in [5.74, 6) is 0.591. The Hall–Kier alpha value is -1.13. The van der Waals surface area contributed by atoms with Crippen LogP contribution >= 0.6 is 22.9 Å². The Labute approximate surface area is 121 Å². The zero-order chi connectivity index (χ0) is 13.2. The molecule has 100 valence electrons. The van der Waals surface area contributed by atoms with Crippen molar-refractivity contribution in [3.63, 3.8) is 0 Å². The standard InChI is InChI=1S/C14H16ClN3S/c1-2-8-16-14-17-12(15)11-9-6-4-3-5-7-10(9)19-13(11)18-14/h2H,1,3-8H2,(H,16,17,18). The van der Waals surface area contributed by atoms with Crippen LogP contribution in [-0.4, -0.2) is 16.5 Å². The van der Waals surface area contributed by atoms with E-state index in [4.69, 9.17) is 11.6 Å². The SMILES string of the molecule is C=CCNc1nc(Cl)c2c3c(sc2n1)CCCCC3. The molecule has 0 saturated heterocycles. The highest BCUT2D eigenvalue weighted by molar-refractivity contribution is 7.19. The van der Waals surface area contributed by atoms with Gasteiger partial charge in [0.05, 0.1) is 5.39 Å². The molecule has 0 fully saturated rings. The van der Waals surface area contributed by atoms with Crippen molar-refractivity contribution in [2.24, 2.45) is 0 Å². The molecule has 0 saturated carbocycles. The van der Waals surface area contributed by atoms with Crippen molar-refractivity contribution in [2.45, 2.75) is 32.1 Å². The Bertz CT molecular complexity index is 621. The highest BCUT2D eigenvalue weighted by atomic mass is 35.5. The van der Waals surface area contributed by atoms with Gasteiger partial charge in [0.2, 0.25) is 5.95 Å². The molecule has 2 aromatic rings. The number of nitrogens with zero attached hydrogens (tertiary/aromatic N) is 2. The van der Waals surface area contributed by atoms with Gasteiger partial charge in [0.25, 0.3) is 0 Å². The molecule has 1 aliphatic carbocycles. The summed E-state index contributed by atoms with van der Waals surface area (Å²) in [6.45, 7) is 4.32. The quantitative estimate of drug-likeness (QED) is 0.523. The highest BCUT2D eigenvalue weighted by Crippen LogP contribution is 2.38. The van der Waals surface area contributed by atoms with Gasteiger partial charge >= 0.3 is 0 Å². The molecule has 0 bridgehead atoms. The van der Waals surface area contributed by atoms with Crippen molar-refractivity contribution in [2.75, 3.05) is 11.9 Å². The zero-order valence-corrected chi connectivity index (χ0v) is 12.3. The smallest absolute Gasteiger partial charge is 0.225 e. The summed E-state index contributed by atoms with van der Waals surface area (Å²) in [6, 6.07) is 0. The second kappa shape index (κ2) is 5.47. The van der Waals surface area contributed by atoms with E-state index in [-0.39, 0.29) is 0 Å². The van der Waals surface area contributed by atoms with Crippen LogP contribution in [0.5, 0.6) is 0 Å². The van der Waals surface area contributed by atoms with E-state index in [1.807, 2.05) is 0 Å². The van der Waals surface area contributed by atoms with Gasteiger partial charge in [-0.2, -0.15) is 0 Å². The minimum Gasteiger partial charge on any atom is -0.351 e. The molecular weight excluding hydrogens is 278 g/mol. The number of halogens is 1. The predicted molar refractivity (Wildman–Crippen MR) is 82.4 cm³/mol. The molecule has 0 spiro atoms. The lowest BCUT2D eigenvalue weighted by Crippen LogP contribution is -2.02. The van der Waals surface area contributed by atoms with E-state index in [9.17, 15) is 0 Å². The first-order valence-electron chi connectivity index (χ1n) is 6.62. The first kappa shape index (κ1) is 12.9. The zero-order valence-electron chi connectivity index (χ0n) is 10.7. The summed E-state index contributed by atoms with van der Waals surface area (Å²) in [4.78, 5) is 11.4. The van der Waals surface area contributed by atoms with E-state index in [1.165, 1.54) is 29.7 Å². The molecule has 0 aliphatic heterocycles. The molecule has 0 atom stereocenters. The second-order valence-corrected chi connectivity index (χ2v) is 6.19. The molecule has 0 radical (unpaired) electrons. The number of thiophene rings is 1. The van der Waals surface area contributed by atoms with Crippen molar-refractivity contribution in [1.82, 2.24) is 9.97 Å². The van der Waals surface area contributed by atoms with Crippen LogP contribution in [0.25, 0.3) is 10.2 Å². The third-order valence-electron chi connectivity index (χ3n) is 3.43. The predicted octanol–water partition coefficient (Wildman–Crippen LogP) is 4.21. The maximum atomic E-state index is 6.36. The molecule has 0 unspecified atom stereocenters. The number of hydrogen-bond donors (Lipinski definition) is 1. The topological polar surface area (TPSA) is 37.8 Å². The van der Waals surface area contributed by atoms with Gasteiger partial charge in [0.15, 0.2) is 0 Å². The van der Waals surface area contributed by atoms with E-state index in [2.05, 4.69) is 21.9 Å². The average Bonchev–Trinajstić information content (AvgIpc) is 2.59. The molecule has 2 heterocycles. The fourth-order valence-corrected chi connectivity index (χ4v) is 4.13. The van der Waals surface area contributed by atoms with Gasteiger partial charge in [-0.05, 0) is 31.2 Å². The number of anilines is 1. The fourth-order valence-electron chi connectivity index (χ4n) is 2.53. The van der Waals surface area contributed by atoms with Crippen LogP contribution in [0, 0.1) is 0 Å². The summed E-state index contributed by atoms with van der Waals surface area (Å²) in [6.07, 6.45) is 7.86. The van der Waals surface area contributed by atoms with Crippen molar-refractivity contribution in [3.05, 3.63) is 28.2 Å². The fraction of sp³-hybridized carbons (Fsp3) is 0.429. The van der Waals surface area contributed by atoms with E-state index in [0.29, 0.717) is 17.6 Å². The van der Waals surface area contributed by atoms with Crippen molar-refractivity contribution in [1.29, 1.82) is 0 Å². The molecule has 0 amide bonds. The summed E-state index contributed by atoms with van der Waals surface area (Å²) < 4.78 is 0. The molecule has 1 aliphatic rings. The maximum Gasteiger partial charge on any atom is 0.225 e. The van der Waals surface area contributed by atoms with Crippen LogP contribution in [0.1, 0.15) is 29.7 Å². The Morgan fingerprint density at radius 3 is 2.95 bits per heavy atom. The minimum absolute atomic E-state index is 0.580. The number of fused-ring (bicyclic) bond motifs is 3. The maximum absolute atomic E-state index is 6.36. The molecule has 3 nitrogen and oxygen atoms in total. The summed E-state index contributed by atoms with van der Waals surface area (Å²) in [7, 11) is 0. The Kier molecular flexibility index (Phi) is 3.71. The molecule has 19 heavy (non-hydrogen) atoms. The number of aromatic nitrogens is 2. The van der Waals surface area contributed by atoms with Crippen LogP contribution in [0.4, 0.5) is 5.95 Å². The molecule has 2 aromatic heterocycles. The van der Waals surface area contributed by atoms with Crippen molar-refractivity contribution in [3.8, 4) is 0 Å². The molecule has 0 aromatic carbocycles. The van der Waals surface area contributed by atoms with E-state index in [0.717, 1.165) is 23.1 Å². The Morgan fingerprint density at radius 1 is 1.26 bits per heavy atom. The third kappa shape index (κ3) is 2.47. The molecular formula is C14H16ClN3S.